The van der Waals surface area contributed by atoms with Crippen LogP contribution in [0.5, 0.6) is 0 Å². The average Bonchev–Trinajstić information content (AvgIpc) is 3.70. The Morgan fingerprint density at radius 1 is 0.485 bits per heavy atom. The van der Waals surface area contributed by atoms with Gasteiger partial charge in [0.1, 0.15) is 17.9 Å². The highest BCUT2D eigenvalue weighted by molar-refractivity contribution is 6.13. The molecule has 0 amide bonds. The number of anilines is 2. The highest BCUT2D eigenvalue weighted by atomic mass is 16.3. The third-order valence-corrected chi connectivity index (χ3v) is 14.1. The molecular weight excluding hydrogens is 835 g/mol. The van der Waals surface area contributed by atoms with Crippen LogP contribution >= 0.6 is 0 Å². The van der Waals surface area contributed by atoms with E-state index in [-0.39, 0.29) is 5.57 Å². The highest BCUT2D eigenvalue weighted by Gasteiger charge is 2.48. The summed E-state index contributed by atoms with van der Waals surface area (Å²) in [5.74, 6) is -1.38. The molecule has 0 aromatic heterocycles. The minimum atomic E-state index is -1.66. The highest BCUT2D eigenvalue weighted by Crippen LogP contribution is 2.58. The normalized spacial score (nSPS) is 18.5. The van der Waals surface area contributed by atoms with E-state index in [0.717, 1.165) is 78.5 Å². The predicted molar refractivity (Wildman–Crippen MR) is 281 cm³/mol. The second kappa shape index (κ2) is 17.3. The lowest BCUT2D eigenvalue weighted by Crippen LogP contribution is -2.46. The lowest BCUT2D eigenvalue weighted by atomic mass is 9.66. The Balaban J connectivity index is 0.00000250. The smallest absolute Gasteiger partial charge is 0.166 e. The van der Waals surface area contributed by atoms with Gasteiger partial charge in [0.2, 0.25) is 0 Å². The minimum Gasteiger partial charge on any atom is -0.509 e. The van der Waals surface area contributed by atoms with Gasteiger partial charge in [-0.3, -0.25) is 0 Å². The second-order valence-electron chi connectivity index (χ2n) is 17.6. The van der Waals surface area contributed by atoms with Crippen molar-refractivity contribution in [3.63, 3.8) is 0 Å². The fraction of sp³-hybridized carbons (Fsp3) is 0.111. The van der Waals surface area contributed by atoms with Crippen molar-refractivity contribution in [3.8, 4) is 22.3 Å². The number of aliphatic hydroxyl groups excluding tert-OH is 4. The Morgan fingerprint density at radius 2 is 1.12 bits per heavy atom. The van der Waals surface area contributed by atoms with Crippen molar-refractivity contribution < 1.29 is 20.4 Å². The van der Waals surface area contributed by atoms with E-state index in [0.29, 0.717) is 16.9 Å². The first-order chi connectivity index (χ1) is 33.4. The largest absolute Gasteiger partial charge is 0.509 e. The van der Waals surface area contributed by atoms with Crippen molar-refractivity contribution in [2.45, 2.75) is 44.2 Å². The number of hydrogen-bond donors (Lipinski definition) is 4. The molecule has 3 aliphatic rings. The number of hydrogen-bond acceptors (Lipinski definition) is 5. The lowest BCUT2D eigenvalue weighted by molar-refractivity contribution is 0.113. The Kier molecular flexibility index (Phi) is 10.8. The fourth-order valence-electron chi connectivity index (χ4n) is 11.1. The first-order valence-electron chi connectivity index (χ1n) is 23.6. The quantitative estimate of drug-likeness (QED) is 0.120. The van der Waals surface area contributed by atoms with E-state index in [4.69, 9.17) is 0 Å². The molecule has 0 spiro atoms. The number of allylic oxidation sites excluding steroid dienone is 5. The molecule has 0 bridgehead atoms. The number of nitrogens with zero attached hydrogens (tertiary/aromatic N) is 1. The molecule has 0 aliphatic heterocycles. The van der Waals surface area contributed by atoms with Crippen molar-refractivity contribution in [2.75, 3.05) is 4.90 Å². The van der Waals surface area contributed by atoms with Gasteiger partial charge in [-0.05, 0) is 132 Å². The second-order valence-corrected chi connectivity index (χ2v) is 17.6. The van der Waals surface area contributed by atoms with Gasteiger partial charge in [-0.25, -0.2) is 0 Å². The molecule has 12 rings (SSSR count). The molecule has 0 fully saturated rings. The van der Waals surface area contributed by atoms with Gasteiger partial charge >= 0.3 is 0 Å². The predicted octanol–water partition coefficient (Wildman–Crippen LogP) is 15.6. The number of fused-ring (bicyclic) bond motifs is 7. The standard InChI is InChI=1S/C61H45NO4.C2H6/c63-57-55(52-36-42-17-9-10-22-47(42)48-23-11-12-24-49(48)52)58(64)60(66)56(59(57)65)62(45-31-29-39(30-32-45)41-28-27-38-15-7-8-16-40(38)35-41)46-33-34-51-50-25-13-14-26-53(50)61(54(51)37-46,43-18-3-1-4-19-43)44-20-5-2-6-21-44;1-2/h1,3-5,7-37,56,59,63-66H,2,6H2;1-2H3/t56?,59-,61?;/m1./s1. The SMILES string of the molecule is CC.OC1=C(O)C(N(c2ccc(-c3ccc4ccccc4c3)cc2)c2ccc3c(c2)C(C2=CCCC=C2)(c2ccccc2)c2ccccc2-3)[C@@H](O)C(O)=C1c1cc2ccccc2c2ccccc12. The van der Waals surface area contributed by atoms with Crippen LogP contribution in [0, 0.1) is 0 Å². The van der Waals surface area contributed by atoms with Gasteiger partial charge in [-0.15, -0.1) is 0 Å². The van der Waals surface area contributed by atoms with Gasteiger partial charge in [0.25, 0.3) is 0 Å². The van der Waals surface area contributed by atoms with Crippen molar-refractivity contribution in [1.82, 2.24) is 0 Å². The summed E-state index contributed by atoms with van der Waals surface area (Å²) in [7, 11) is 0. The zero-order valence-electron chi connectivity index (χ0n) is 38.0. The summed E-state index contributed by atoms with van der Waals surface area (Å²) in [5.41, 5.74) is 9.95. The van der Waals surface area contributed by atoms with Crippen LogP contribution in [0.25, 0.3) is 60.1 Å². The molecule has 9 aromatic rings. The van der Waals surface area contributed by atoms with E-state index >= 15 is 0 Å². The summed E-state index contributed by atoms with van der Waals surface area (Å²) in [6.07, 6.45) is 7.09. The maximum atomic E-state index is 12.6. The molecule has 9 aromatic carbocycles. The van der Waals surface area contributed by atoms with Crippen molar-refractivity contribution in [3.05, 3.63) is 257 Å². The van der Waals surface area contributed by atoms with E-state index in [1.54, 1.807) is 0 Å². The third-order valence-electron chi connectivity index (χ3n) is 14.1. The van der Waals surface area contributed by atoms with Crippen LogP contribution in [0.15, 0.2) is 235 Å². The summed E-state index contributed by atoms with van der Waals surface area (Å²) in [4.78, 5) is 1.86. The van der Waals surface area contributed by atoms with Crippen LogP contribution in [0.1, 0.15) is 48.9 Å². The fourth-order valence-corrected chi connectivity index (χ4v) is 11.1. The van der Waals surface area contributed by atoms with Gasteiger partial charge in [0.05, 0.1) is 11.0 Å². The maximum absolute atomic E-state index is 12.6. The van der Waals surface area contributed by atoms with Crippen LogP contribution < -0.4 is 4.90 Å². The van der Waals surface area contributed by atoms with Gasteiger partial charge in [0, 0.05) is 11.4 Å². The maximum Gasteiger partial charge on any atom is 0.166 e. The zero-order valence-corrected chi connectivity index (χ0v) is 38.0. The average molecular weight is 886 g/mol. The number of rotatable bonds is 7. The molecule has 5 nitrogen and oxygen atoms in total. The van der Waals surface area contributed by atoms with E-state index in [1.165, 1.54) is 11.1 Å². The molecule has 5 heteroatoms. The van der Waals surface area contributed by atoms with Gasteiger partial charge in [0.15, 0.2) is 11.5 Å². The van der Waals surface area contributed by atoms with E-state index in [9.17, 15) is 20.4 Å². The molecule has 3 aliphatic carbocycles. The first kappa shape index (κ1) is 42.5. The molecule has 0 saturated heterocycles. The molecule has 68 heavy (non-hydrogen) atoms. The Morgan fingerprint density at radius 3 is 1.88 bits per heavy atom. The van der Waals surface area contributed by atoms with Crippen molar-refractivity contribution >= 4 is 49.3 Å². The van der Waals surface area contributed by atoms with Gasteiger partial charge in [-0.2, -0.15) is 0 Å². The van der Waals surface area contributed by atoms with Gasteiger partial charge < -0.3 is 25.3 Å². The zero-order chi connectivity index (χ0) is 46.5. The van der Waals surface area contributed by atoms with Crippen LogP contribution in [0.3, 0.4) is 0 Å². The summed E-state index contributed by atoms with van der Waals surface area (Å²) < 4.78 is 0. The van der Waals surface area contributed by atoms with Crippen molar-refractivity contribution in [2.24, 2.45) is 0 Å². The van der Waals surface area contributed by atoms with Crippen LogP contribution in [0.4, 0.5) is 11.4 Å². The van der Waals surface area contributed by atoms with E-state index in [2.05, 4.69) is 109 Å². The number of benzene rings is 9. The van der Waals surface area contributed by atoms with Crippen LogP contribution in [-0.2, 0) is 5.41 Å². The topological polar surface area (TPSA) is 84.2 Å². The van der Waals surface area contributed by atoms with E-state index in [1.807, 2.05) is 122 Å². The van der Waals surface area contributed by atoms with Gasteiger partial charge in [-0.1, -0.05) is 190 Å². The first-order valence-corrected chi connectivity index (χ1v) is 23.6. The Labute approximate surface area is 396 Å². The third kappa shape index (κ3) is 6.64. The van der Waals surface area contributed by atoms with E-state index < -0.39 is 34.8 Å². The van der Waals surface area contributed by atoms with Crippen LogP contribution in [-0.4, -0.2) is 32.6 Å². The van der Waals surface area contributed by atoms with Crippen LogP contribution in [0.2, 0.25) is 0 Å². The summed E-state index contributed by atoms with van der Waals surface area (Å²) in [6.45, 7) is 4.00. The molecule has 2 unspecified atom stereocenters. The molecule has 0 heterocycles. The molecule has 4 N–H and O–H groups in total. The molecule has 0 radical (unpaired) electrons. The molecule has 332 valence electrons. The van der Waals surface area contributed by atoms with Crippen molar-refractivity contribution in [1.29, 1.82) is 0 Å². The Bertz CT molecular complexity index is 3550. The Hall–Kier alpha value is -8.12. The molecule has 3 atom stereocenters. The summed E-state index contributed by atoms with van der Waals surface area (Å²) >= 11 is 0. The summed E-state index contributed by atoms with van der Waals surface area (Å²) in [5, 5.41) is 55.8. The lowest BCUT2D eigenvalue weighted by Gasteiger charge is -2.40. The molecular formula is C63H51NO4. The summed E-state index contributed by atoms with van der Waals surface area (Å²) in [6, 6.07) is 64.6. The minimum absolute atomic E-state index is 0.00618. The monoisotopic (exact) mass is 885 g/mol. The number of aliphatic hydroxyl groups is 4. The molecule has 0 saturated carbocycles.